The third-order valence-electron chi connectivity index (χ3n) is 2.66. The zero-order valence-corrected chi connectivity index (χ0v) is 13.5. The van der Waals surface area contributed by atoms with Gasteiger partial charge in [0, 0.05) is 17.6 Å². The fourth-order valence-corrected chi connectivity index (χ4v) is 3.01. The van der Waals surface area contributed by atoms with Gasteiger partial charge in [-0.2, -0.15) is 0 Å². The number of rotatable bonds is 5. The molecule has 1 amide bonds. The molecule has 100 valence electrons. The third kappa shape index (κ3) is 4.02. The van der Waals surface area contributed by atoms with Crippen molar-refractivity contribution in [2.45, 2.75) is 13.5 Å². The first-order valence-corrected chi connectivity index (χ1v) is 8.00. The lowest BCUT2D eigenvalue weighted by atomic mass is 10.1. The van der Waals surface area contributed by atoms with Gasteiger partial charge < -0.3 is 10.6 Å². The lowest BCUT2D eigenvalue weighted by molar-refractivity contribution is 0.102. The minimum Gasteiger partial charge on any atom is -0.322 e. The molecule has 2 N–H and O–H groups in total. The van der Waals surface area contributed by atoms with Crippen molar-refractivity contribution in [2.75, 3.05) is 11.9 Å². The molecule has 0 fully saturated rings. The van der Waals surface area contributed by atoms with E-state index in [-0.39, 0.29) is 5.91 Å². The number of nitrogens with one attached hydrogen (secondary N) is 2. The Morgan fingerprint density at radius 2 is 2.16 bits per heavy atom. The summed E-state index contributed by atoms with van der Waals surface area (Å²) in [5.41, 5.74) is 2.69. The second kappa shape index (κ2) is 7.02. The number of thiophene rings is 1. The van der Waals surface area contributed by atoms with E-state index < -0.39 is 0 Å². The van der Waals surface area contributed by atoms with Gasteiger partial charge in [0.2, 0.25) is 0 Å². The molecule has 2 rings (SSSR count). The molecule has 0 saturated carbocycles. The van der Waals surface area contributed by atoms with E-state index in [1.807, 2.05) is 35.7 Å². The Morgan fingerprint density at radius 1 is 1.37 bits per heavy atom. The summed E-state index contributed by atoms with van der Waals surface area (Å²) in [6, 6.07) is 9.77. The lowest BCUT2D eigenvalue weighted by Crippen LogP contribution is -2.16. The SMILES string of the molecule is CCNCc1ccccc1NC(=O)c1csc(I)c1. The second-order valence-corrected chi connectivity index (χ2v) is 6.84. The molecule has 0 saturated heterocycles. The Morgan fingerprint density at radius 3 is 2.84 bits per heavy atom. The number of carbonyl (C=O) groups is 1. The predicted octanol–water partition coefficient (Wildman–Crippen LogP) is 3.71. The largest absolute Gasteiger partial charge is 0.322 e. The topological polar surface area (TPSA) is 41.1 Å². The van der Waals surface area contributed by atoms with Crippen molar-refractivity contribution in [3.63, 3.8) is 0 Å². The van der Waals surface area contributed by atoms with Gasteiger partial charge in [-0.3, -0.25) is 4.79 Å². The van der Waals surface area contributed by atoms with Crippen LogP contribution in [0.3, 0.4) is 0 Å². The highest BCUT2D eigenvalue weighted by molar-refractivity contribution is 14.1. The van der Waals surface area contributed by atoms with Gasteiger partial charge in [-0.15, -0.1) is 11.3 Å². The van der Waals surface area contributed by atoms with E-state index in [4.69, 9.17) is 0 Å². The highest BCUT2D eigenvalue weighted by Crippen LogP contribution is 2.20. The molecule has 19 heavy (non-hydrogen) atoms. The van der Waals surface area contributed by atoms with E-state index in [0.717, 1.165) is 27.2 Å². The van der Waals surface area contributed by atoms with Crippen LogP contribution in [0.15, 0.2) is 35.7 Å². The van der Waals surface area contributed by atoms with E-state index in [1.165, 1.54) is 0 Å². The molecule has 0 atom stereocenters. The zero-order valence-electron chi connectivity index (χ0n) is 10.6. The van der Waals surface area contributed by atoms with Gasteiger partial charge >= 0.3 is 0 Å². The van der Waals surface area contributed by atoms with Crippen LogP contribution in [0.2, 0.25) is 0 Å². The Balaban J connectivity index is 2.12. The number of halogens is 1. The van der Waals surface area contributed by atoms with E-state index in [1.54, 1.807) is 11.3 Å². The number of hydrogen-bond acceptors (Lipinski definition) is 3. The van der Waals surface area contributed by atoms with Crippen molar-refractivity contribution < 1.29 is 4.79 Å². The summed E-state index contributed by atoms with van der Waals surface area (Å²) in [5.74, 6) is -0.0527. The molecule has 1 aromatic heterocycles. The Hall–Kier alpha value is -0.920. The molecule has 0 aliphatic heterocycles. The van der Waals surface area contributed by atoms with E-state index >= 15 is 0 Å². The molecule has 2 aromatic rings. The minimum atomic E-state index is -0.0527. The third-order valence-corrected chi connectivity index (χ3v) is 4.45. The number of anilines is 1. The van der Waals surface area contributed by atoms with E-state index in [0.29, 0.717) is 5.56 Å². The highest BCUT2D eigenvalue weighted by atomic mass is 127. The maximum absolute atomic E-state index is 12.1. The van der Waals surface area contributed by atoms with Gasteiger partial charge in [0.05, 0.1) is 8.45 Å². The highest BCUT2D eigenvalue weighted by Gasteiger charge is 2.10. The van der Waals surface area contributed by atoms with Crippen LogP contribution in [0, 0.1) is 2.88 Å². The molecule has 5 heteroatoms. The van der Waals surface area contributed by atoms with Gasteiger partial charge in [0.1, 0.15) is 0 Å². The van der Waals surface area contributed by atoms with E-state index in [2.05, 4.69) is 40.1 Å². The molecule has 0 aliphatic carbocycles. The average Bonchev–Trinajstić information content (AvgIpc) is 2.84. The maximum Gasteiger partial charge on any atom is 0.256 e. The molecule has 0 aliphatic rings. The van der Waals surface area contributed by atoms with Crippen LogP contribution in [0.4, 0.5) is 5.69 Å². The first kappa shape index (κ1) is 14.5. The Kier molecular flexibility index (Phi) is 5.35. The summed E-state index contributed by atoms with van der Waals surface area (Å²) in [6.45, 7) is 3.73. The molecule has 0 unspecified atom stereocenters. The number of carbonyl (C=O) groups excluding carboxylic acids is 1. The summed E-state index contributed by atoms with van der Waals surface area (Å²) >= 11 is 3.79. The standard InChI is InChI=1S/C14H15IN2OS/c1-2-16-8-10-5-3-4-6-12(10)17-14(18)11-7-13(15)19-9-11/h3-7,9,16H,2,8H2,1H3,(H,17,18). The van der Waals surface area contributed by atoms with Crippen LogP contribution in [-0.4, -0.2) is 12.5 Å². The molecule has 0 radical (unpaired) electrons. The van der Waals surface area contributed by atoms with Crippen LogP contribution >= 0.6 is 33.9 Å². The quantitative estimate of drug-likeness (QED) is 0.770. The smallest absolute Gasteiger partial charge is 0.256 e. The predicted molar refractivity (Wildman–Crippen MR) is 88.8 cm³/mol. The molecular formula is C14H15IN2OS. The van der Waals surface area contributed by atoms with Gasteiger partial charge in [0.15, 0.2) is 0 Å². The number of para-hydroxylation sites is 1. The molecule has 1 heterocycles. The van der Waals surface area contributed by atoms with Gasteiger partial charge in [-0.05, 0) is 46.8 Å². The van der Waals surface area contributed by atoms with Gasteiger partial charge in [-0.1, -0.05) is 25.1 Å². The summed E-state index contributed by atoms with van der Waals surface area (Å²) in [6.07, 6.45) is 0. The monoisotopic (exact) mass is 386 g/mol. The number of hydrogen-bond donors (Lipinski definition) is 2. The van der Waals surface area contributed by atoms with Crippen molar-refractivity contribution in [2.24, 2.45) is 0 Å². The number of benzene rings is 1. The molecular weight excluding hydrogens is 371 g/mol. The first-order chi connectivity index (χ1) is 9.20. The van der Waals surface area contributed by atoms with Crippen LogP contribution < -0.4 is 10.6 Å². The normalized spacial score (nSPS) is 10.4. The molecule has 3 nitrogen and oxygen atoms in total. The molecule has 1 aromatic carbocycles. The lowest BCUT2D eigenvalue weighted by Gasteiger charge is -2.10. The molecule has 0 spiro atoms. The van der Waals surface area contributed by atoms with Crippen LogP contribution in [0.25, 0.3) is 0 Å². The Labute approximate surface area is 130 Å². The van der Waals surface area contributed by atoms with Crippen LogP contribution in [0.5, 0.6) is 0 Å². The fraction of sp³-hybridized carbons (Fsp3) is 0.214. The first-order valence-electron chi connectivity index (χ1n) is 6.04. The van der Waals surface area contributed by atoms with Crippen molar-refractivity contribution in [3.05, 3.63) is 49.7 Å². The molecule has 0 bridgehead atoms. The van der Waals surface area contributed by atoms with Crippen molar-refractivity contribution in [1.29, 1.82) is 0 Å². The maximum atomic E-state index is 12.1. The summed E-state index contributed by atoms with van der Waals surface area (Å²) in [5, 5.41) is 8.12. The number of amides is 1. The summed E-state index contributed by atoms with van der Waals surface area (Å²) in [7, 11) is 0. The van der Waals surface area contributed by atoms with Crippen LogP contribution in [-0.2, 0) is 6.54 Å². The average molecular weight is 386 g/mol. The fourth-order valence-electron chi connectivity index (χ4n) is 1.68. The summed E-state index contributed by atoms with van der Waals surface area (Å²) in [4.78, 5) is 12.1. The second-order valence-electron chi connectivity index (χ2n) is 4.03. The zero-order chi connectivity index (χ0) is 13.7. The van der Waals surface area contributed by atoms with Crippen molar-refractivity contribution >= 4 is 45.5 Å². The van der Waals surface area contributed by atoms with E-state index in [9.17, 15) is 4.79 Å². The minimum absolute atomic E-state index is 0.0527. The van der Waals surface area contributed by atoms with Crippen molar-refractivity contribution in [3.8, 4) is 0 Å². The van der Waals surface area contributed by atoms with Gasteiger partial charge in [-0.25, -0.2) is 0 Å². The van der Waals surface area contributed by atoms with Gasteiger partial charge in [0.25, 0.3) is 5.91 Å². The summed E-state index contributed by atoms with van der Waals surface area (Å²) < 4.78 is 1.11. The Bertz CT molecular complexity index is 568. The van der Waals surface area contributed by atoms with Crippen molar-refractivity contribution in [1.82, 2.24) is 5.32 Å². The van der Waals surface area contributed by atoms with Crippen LogP contribution in [0.1, 0.15) is 22.8 Å².